The van der Waals surface area contributed by atoms with Crippen molar-refractivity contribution in [2.75, 3.05) is 18.6 Å². The molecule has 154 valence electrons. The minimum absolute atomic E-state index is 0.105. The Bertz CT molecular complexity index is 777. The van der Waals surface area contributed by atoms with E-state index in [0.29, 0.717) is 22.7 Å². The Morgan fingerprint density at radius 2 is 2.18 bits per heavy atom. The van der Waals surface area contributed by atoms with Crippen LogP contribution in [0.4, 0.5) is 10.1 Å². The molecule has 0 amide bonds. The number of rotatable bonds is 4. The highest BCUT2D eigenvalue weighted by molar-refractivity contribution is 8.14. The number of aliphatic imine (C=N–C) groups is 1. The van der Waals surface area contributed by atoms with Crippen LogP contribution >= 0.6 is 11.8 Å². The largest absolute Gasteiger partial charge is 0.460 e. The van der Waals surface area contributed by atoms with Crippen LogP contribution in [-0.2, 0) is 19.8 Å². The molecule has 1 aromatic carbocycles. The third kappa shape index (κ3) is 4.51. The smallest absolute Gasteiger partial charge is 0.312 e. The first-order valence-electron chi connectivity index (χ1n) is 9.64. The van der Waals surface area contributed by atoms with Crippen LogP contribution in [0.15, 0.2) is 23.2 Å². The van der Waals surface area contributed by atoms with Gasteiger partial charge in [-0.15, -0.1) is 11.8 Å². The summed E-state index contributed by atoms with van der Waals surface area (Å²) < 4.78 is 25.9. The predicted octanol–water partition coefficient (Wildman–Crippen LogP) is 4.30. The average Bonchev–Trinajstić information content (AvgIpc) is 2.61. The van der Waals surface area contributed by atoms with E-state index in [1.54, 1.807) is 31.0 Å². The summed E-state index contributed by atoms with van der Waals surface area (Å²) in [6.45, 7) is 5.52. The van der Waals surface area contributed by atoms with Crippen molar-refractivity contribution in [2.24, 2.45) is 10.9 Å². The van der Waals surface area contributed by atoms with E-state index in [0.717, 1.165) is 18.6 Å². The van der Waals surface area contributed by atoms with E-state index in [2.05, 4.69) is 0 Å². The number of benzene rings is 1. The molecule has 0 unspecified atom stereocenters. The van der Waals surface area contributed by atoms with Gasteiger partial charge in [0, 0.05) is 30.0 Å². The number of carbonyl (C=O) groups excluding carboxylic acids is 1. The maximum absolute atomic E-state index is 14.9. The third-order valence-corrected chi connectivity index (χ3v) is 6.49. The summed E-state index contributed by atoms with van der Waals surface area (Å²) in [6, 6.07) is 4.66. The molecule has 2 N–H and O–H groups in total. The number of esters is 1. The average molecular weight is 409 g/mol. The van der Waals surface area contributed by atoms with Crippen LogP contribution < -0.4 is 5.73 Å². The molecule has 1 aliphatic heterocycles. The molecule has 7 heteroatoms. The zero-order chi connectivity index (χ0) is 20.5. The van der Waals surface area contributed by atoms with Crippen LogP contribution in [0, 0.1) is 11.7 Å². The monoisotopic (exact) mass is 408 g/mol. The van der Waals surface area contributed by atoms with Gasteiger partial charge < -0.3 is 15.2 Å². The maximum atomic E-state index is 14.9. The van der Waals surface area contributed by atoms with Crippen molar-refractivity contribution in [3.8, 4) is 0 Å². The molecule has 0 bridgehead atoms. The fourth-order valence-electron chi connectivity index (χ4n) is 4.12. The number of ether oxygens (including phenoxy) is 2. The number of hydrogen-bond donors (Lipinski definition) is 1. The zero-order valence-electron chi connectivity index (χ0n) is 17.0. The van der Waals surface area contributed by atoms with Gasteiger partial charge in [0.1, 0.15) is 11.4 Å². The van der Waals surface area contributed by atoms with Gasteiger partial charge in [-0.1, -0.05) is 0 Å². The van der Waals surface area contributed by atoms with Crippen LogP contribution in [0.25, 0.3) is 0 Å². The van der Waals surface area contributed by atoms with E-state index in [1.807, 2.05) is 20.8 Å². The number of fused-ring (bicyclic) bond motifs is 1. The van der Waals surface area contributed by atoms with Gasteiger partial charge in [0.2, 0.25) is 0 Å². The molecule has 2 aliphatic rings. The summed E-state index contributed by atoms with van der Waals surface area (Å²) in [4.78, 5) is 17.3. The minimum atomic E-state index is -0.711. The summed E-state index contributed by atoms with van der Waals surface area (Å²) >= 11 is 1.56. The Morgan fingerprint density at radius 3 is 2.86 bits per heavy atom. The Labute approximate surface area is 170 Å². The molecule has 0 aromatic heterocycles. The SMILES string of the molecule is CO[C@@H]1CC[C@]2(c3cc(N)ccc3F)N=C(CC(=O)OC(C)(C)C)SC[C@@H]2C1. The first-order chi connectivity index (χ1) is 13.1. The lowest BCUT2D eigenvalue weighted by Crippen LogP contribution is -2.46. The second-order valence-electron chi connectivity index (χ2n) is 8.57. The number of hydrogen-bond acceptors (Lipinski definition) is 6. The van der Waals surface area contributed by atoms with Gasteiger partial charge in [0.05, 0.1) is 23.1 Å². The highest BCUT2D eigenvalue weighted by Gasteiger charge is 2.48. The topological polar surface area (TPSA) is 73.9 Å². The van der Waals surface area contributed by atoms with Gasteiger partial charge in [0.15, 0.2) is 0 Å². The van der Waals surface area contributed by atoms with Gasteiger partial charge >= 0.3 is 5.97 Å². The molecule has 5 nitrogen and oxygen atoms in total. The molecule has 0 saturated heterocycles. The normalized spacial score (nSPS) is 27.7. The van der Waals surface area contributed by atoms with Crippen molar-refractivity contribution in [3.63, 3.8) is 0 Å². The molecule has 1 heterocycles. The first-order valence-corrected chi connectivity index (χ1v) is 10.6. The van der Waals surface area contributed by atoms with Crippen molar-refractivity contribution in [2.45, 2.75) is 63.7 Å². The Morgan fingerprint density at radius 1 is 1.43 bits per heavy atom. The van der Waals surface area contributed by atoms with Crippen molar-refractivity contribution in [1.29, 1.82) is 0 Å². The van der Waals surface area contributed by atoms with Gasteiger partial charge in [-0.05, 0) is 58.2 Å². The van der Waals surface area contributed by atoms with Crippen molar-refractivity contribution in [1.82, 2.24) is 0 Å². The lowest BCUT2D eigenvalue weighted by atomic mass is 9.68. The number of nitrogens with two attached hydrogens (primary N) is 1. The van der Waals surface area contributed by atoms with Gasteiger partial charge in [-0.2, -0.15) is 0 Å². The number of thioether (sulfide) groups is 1. The van der Waals surface area contributed by atoms with Crippen molar-refractivity contribution < 1.29 is 18.7 Å². The van der Waals surface area contributed by atoms with Gasteiger partial charge in [-0.25, -0.2) is 4.39 Å². The molecule has 28 heavy (non-hydrogen) atoms. The van der Waals surface area contributed by atoms with Crippen LogP contribution in [0.3, 0.4) is 0 Å². The van der Waals surface area contributed by atoms with E-state index >= 15 is 0 Å². The maximum Gasteiger partial charge on any atom is 0.312 e. The summed E-state index contributed by atoms with van der Waals surface area (Å²) in [5.74, 6) is 0.263. The number of nitrogen functional groups attached to an aromatic ring is 1. The van der Waals surface area contributed by atoms with Crippen molar-refractivity contribution >= 4 is 28.5 Å². The number of halogens is 1. The molecule has 1 fully saturated rings. The van der Waals surface area contributed by atoms with Crippen LogP contribution in [-0.4, -0.2) is 35.6 Å². The quantitative estimate of drug-likeness (QED) is 0.594. The second-order valence-corrected chi connectivity index (χ2v) is 9.67. The fraction of sp³-hybridized carbons (Fsp3) is 0.619. The van der Waals surface area contributed by atoms with E-state index in [-0.39, 0.29) is 30.2 Å². The van der Waals surface area contributed by atoms with E-state index in [4.69, 9.17) is 20.2 Å². The number of nitrogens with zero attached hydrogens (tertiary/aromatic N) is 1. The first kappa shape index (κ1) is 21.1. The minimum Gasteiger partial charge on any atom is -0.460 e. The molecule has 1 saturated carbocycles. The Hall–Kier alpha value is -1.60. The zero-order valence-corrected chi connectivity index (χ0v) is 17.8. The highest BCUT2D eigenvalue weighted by atomic mass is 32.2. The molecule has 3 atom stereocenters. The molecule has 1 aromatic rings. The van der Waals surface area contributed by atoms with E-state index in [1.165, 1.54) is 6.07 Å². The van der Waals surface area contributed by atoms with Crippen LogP contribution in [0.1, 0.15) is 52.0 Å². The summed E-state index contributed by atoms with van der Waals surface area (Å²) in [6.07, 6.45) is 2.50. The third-order valence-electron chi connectivity index (χ3n) is 5.35. The summed E-state index contributed by atoms with van der Waals surface area (Å²) in [7, 11) is 1.71. The summed E-state index contributed by atoms with van der Waals surface area (Å²) in [5.41, 5.74) is 5.75. The summed E-state index contributed by atoms with van der Waals surface area (Å²) in [5, 5.41) is 0.697. The molecule has 0 radical (unpaired) electrons. The molecular weight excluding hydrogens is 379 g/mol. The second kappa shape index (κ2) is 8.03. The Kier molecular flexibility index (Phi) is 6.05. The lowest BCUT2D eigenvalue weighted by Gasteiger charge is -2.46. The van der Waals surface area contributed by atoms with Crippen molar-refractivity contribution in [3.05, 3.63) is 29.6 Å². The molecule has 1 aliphatic carbocycles. The number of anilines is 1. The van der Waals surface area contributed by atoms with E-state index in [9.17, 15) is 9.18 Å². The predicted molar refractivity (Wildman–Crippen MR) is 111 cm³/mol. The van der Waals surface area contributed by atoms with Gasteiger partial charge in [-0.3, -0.25) is 9.79 Å². The van der Waals surface area contributed by atoms with E-state index < -0.39 is 11.1 Å². The highest BCUT2D eigenvalue weighted by Crippen LogP contribution is 2.51. The molecule has 3 rings (SSSR count). The standard InChI is InChI=1S/C21H29FN2O3S/c1-20(2,3)27-19(25)11-18-24-21(16-10-14(23)5-6-17(16)22)8-7-15(26-4)9-13(21)12-28-18/h5-6,10,13,15H,7-9,11-12,23H2,1-4H3/t13-,15+,21-/m0/s1. The number of carbonyl (C=O) groups is 1. The van der Waals surface area contributed by atoms with Crippen LogP contribution in [0.5, 0.6) is 0 Å². The van der Waals surface area contributed by atoms with Crippen LogP contribution in [0.2, 0.25) is 0 Å². The molecule has 0 spiro atoms. The van der Waals surface area contributed by atoms with Gasteiger partial charge in [0.25, 0.3) is 0 Å². The molecular formula is C21H29FN2O3S. The lowest BCUT2D eigenvalue weighted by molar-refractivity contribution is -0.153. The Balaban J connectivity index is 1.97. The number of methoxy groups -OCH3 is 1. The fourth-order valence-corrected chi connectivity index (χ4v) is 5.37.